The Balaban J connectivity index is 2.24. The number of rotatable bonds is 11. The molecule has 0 spiro atoms. The molecule has 1 aliphatic rings. The summed E-state index contributed by atoms with van der Waals surface area (Å²) in [5, 5.41) is 3.36. The molecule has 0 heterocycles. The van der Waals surface area contributed by atoms with Gasteiger partial charge in [-0.05, 0) is 25.8 Å². The van der Waals surface area contributed by atoms with E-state index >= 15 is 0 Å². The zero-order valence-corrected chi connectivity index (χ0v) is 12.7. The van der Waals surface area contributed by atoms with Crippen LogP contribution < -0.4 is 5.32 Å². The average Bonchev–Trinajstić information content (AvgIpc) is 2.40. The van der Waals surface area contributed by atoms with Gasteiger partial charge < -0.3 is 19.5 Å². The lowest BCUT2D eigenvalue weighted by Gasteiger charge is -2.44. The number of halogens is 3. The number of methoxy groups -OCH3 is 1. The van der Waals surface area contributed by atoms with Gasteiger partial charge in [-0.2, -0.15) is 13.2 Å². The average molecular weight is 313 g/mol. The van der Waals surface area contributed by atoms with Gasteiger partial charge in [-0.1, -0.05) is 6.92 Å². The number of ether oxygens (including phenoxy) is 3. The molecule has 126 valence electrons. The first-order chi connectivity index (χ1) is 9.98. The molecule has 0 aromatic carbocycles. The van der Waals surface area contributed by atoms with Crippen LogP contribution in [0.25, 0.3) is 0 Å². The van der Waals surface area contributed by atoms with Gasteiger partial charge in [-0.15, -0.1) is 0 Å². The Morgan fingerprint density at radius 2 is 1.90 bits per heavy atom. The third kappa shape index (κ3) is 7.44. The SMILES string of the molecule is CCCNC1CC(OCCCC(F)(F)F)C1OCCOC. The molecule has 0 bridgehead atoms. The van der Waals surface area contributed by atoms with Crippen LogP contribution in [0.2, 0.25) is 0 Å². The normalized spacial score (nSPS) is 25.9. The molecule has 0 aliphatic heterocycles. The van der Waals surface area contributed by atoms with Crippen molar-refractivity contribution in [2.24, 2.45) is 0 Å². The lowest BCUT2D eigenvalue weighted by Crippen LogP contribution is -2.60. The molecule has 3 unspecified atom stereocenters. The summed E-state index contributed by atoms with van der Waals surface area (Å²) in [5.74, 6) is 0. The third-order valence-corrected chi connectivity index (χ3v) is 3.44. The Bertz CT molecular complexity index is 277. The van der Waals surface area contributed by atoms with Crippen molar-refractivity contribution < 1.29 is 27.4 Å². The summed E-state index contributed by atoms with van der Waals surface area (Å²) in [5.41, 5.74) is 0. The summed E-state index contributed by atoms with van der Waals surface area (Å²) in [6.45, 7) is 4.06. The van der Waals surface area contributed by atoms with Gasteiger partial charge in [-0.3, -0.25) is 0 Å². The zero-order chi connectivity index (χ0) is 15.7. The maximum absolute atomic E-state index is 12.1. The minimum atomic E-state index is -4.11. The van der Waals surface area contributed by atoms with Crippen molar-refractivity contribution in [3.8, 4) is 0 Å². The van der Waals surface area contributed by atoms with E-state index in [2.05, 4.69) is 12.2 Å². The molecule has 1 N–H and O–H groups in total. The van der Waals surface area contributed by atoms with Crippen LogP contribution in [0.15, 0.2) is 0 Å². The highest BCUT2D eigenvalue weighted by atomic mass is 19.4. The fourth-order valence-electron chi connectivity index (χ4n) is 2.27. The van der Waals surface area contributed by atoms with Gasteiger partial charge in [0.15, 0.2) is 0 Å². The fraction of sp³-hybridized carbons (Fsp3) is 1.00. The van der Waals surface area contributed by atoms with Crippen LogP contribution in [0.5, 0.6) is 0 Å². The first kappa shape index (κ1) is 18.7. The highest BCUT2D eigenvalue weighted by Crippen LogP contribution is 2.28. The maximum Gasteiger partial charge on any atom is 0.389 e. The van der Waals surface area contributed by atoms with Gasteiger partial charge in [0.25, 0.3) is 0 Å². The molecular formula is C14H26F3NO3. The molecule has 3 atom stereocenters. The van der Waals surface area contributed by atoms with Crippen molar-refractivity contribution in [2.75, 3.05) is 33.5 Å². The summed E-state index contributed by atoms with van der Waals surface area (Å²) >= 11 is 0. The summed E-state index contributed by atoms with van der Waals surface area (Å²) < 4.78 is 52.3. The Labute approximate surface area is 124 Å². The number of hydrogen-bond acceptors (Lipinski definition) is 4. The van der Waals surface area contributed by atoms with Crippen LogP contribution in [-0.4, -0.2) is 57.9 Å². The first-order valence-electron chi connectivity index (χ1n) is 7.50. The molecule has 1 saturated carbocycles. The molecule has 0 aromatic heterocycles. The van der Waals surface area contributed by atoms with Crippen LogP contribution in [0.4, 0.5) is 13.2 Å². The van der Waals surface area contributed by atoms with Gasteiger partial charge in [-0.25, -0.2) is 0 Å². The minimum Gasteiger partial charge on any atom is -0.382 e. The smallest absolute Gasteiger partial charge is 0.382 e. The lowest BCUT2D eigenvalue weighted by atomic mass is 9.85. The molecule has 1 fully saturated rings. The molecule has 4 nitrogen and oxygen atoms in total. The molecule has 1 rings (SSSR count). The maximum atomic E-state index is 12.1. The standard InChI is InChI=1S/C14H26F3NO3/c1-3-6-18-11-10-12(13(11)21-9-8-19-2)20-7-4-5-14(15,16)17/h11-13,18H,3-10H2,1-2H3. The predicted molar refractivity (Wildman–Crippen MR) is 73.3 cm³/mol. The van der Waals surface area contributed by atoms with Crippen LogP contribution in [0.1, 0.15) is 32.6 Å². The Kier molecular flexibility index (Phi) is 8.55. The second-order valence-electron chi connectivity index (χ2n) is 5.25. The van der Waals surface area contributed by atoms with Gasteiger partial charge in [0.05, 0.1) is 25.4 Å². The van der Waals surface area contributed by atoms with Crippen molar-refractivity contribution in [3.63, 3.8) is 0 Å². The molecule has 7 heteroatoms. The first-order valence-corrected chi connectivity index (χ1v) is 7.50. The second-order valence-corrected chi connectivity index (χ2v) is 5.25. The van der Waals surface area contributed by atoms with Gasteiger partial charge in [0, 0.05) is 26.2 Å². The van der Waals surface area contributed by atoms with Crippen molar-refractivity contribution in [3.05, 3.63) is 0 Å². The van der Waals surface area contributed by atoms with Gasteiger partial charge in [0.2, 0.25) is 0 Å². The van der Waals surface area contributed by atoms with Crippen LogP contribution in [-0.2, 0) is 14.2 Å². The quantitative estimate of drug-likeness (QED) is 0.595. The van der Waals surface area contributed by atoms with Crippen molar-refractivity contribution in [1.82, 2.24) is 5.32 Å². The summed E-state index contributed by atoms with van der Waals surface area (Å²) in [4.78, 5) is 0. The Hall–Kier alpha value is -0.370. The number of nitrogens with one attached hydrogen (secondary N) is 1. The van der Waals surface area contributed by atoms with Crippen molar-refractivity contribution >= 4 is 0 Å². The second kappa shape index (κ2) is 9.61. The summed E-state index contributed by atoms with van der Waals surface area (Å²) in [6, 6.07) is 0.217. The lowest BCUT2D eigenvalue weighted by molar-refractivity contribution is -0.162. The zero-order valence-electron chi connectivity index (χ0n) is 12.7. The van der Waals surface area contributed by atoms with E-state index in [-0.39, 0.29) is 31.3 Å². The molecule has 0 amide bonds. The minimum absolute atomic E-state index is 0.00214. The summed E-state index contributed by atoms with van der Waals surface area (Å²) in [7, 11) is 1.60. The van der Waals surface area contributed by atoms with Crippen LogP contribution >= 0.6 is 0 Å². The van der Waals surface area contributed by atoms with E-state index in [4.69, 9.17) is 14.2 Å². The Morgan fingerprint density at radius 1 is 1.14 bits per heavy atom. The van der Waals surface area contributed by atoms with Crippen LogP contribution in [0, 0.1) is 0 Å². The monoisotopic (exact) mass is 313 g/mol. The van der Waals surface area contributed by atoms with Crippen molar-refractivity contribution in [1.29, 1.82) is 0 Å². The number of alkyl halides is 3. The largest absolute Gasteiger partial charge is 0.389 e. The molecule has 0 saturated heterocycles. The van der Waals surface area contributed by atoms with Gasteiger partial charge in [0.1, 0.15) is 0 Å². The van der Waals surface area contributed by atoms with Crippen molar-refractivity contribution in [2.45, 2.75) is 57.0 Å². The Morgan fingerprint density at radius 3 is 2.52 bits per heavy atom. The van der Waals surface area contributed by atoms with E-state index in [1.165, 1.54) is 0 Å². The molecular weight excluding hydrogens is 287 g/mol. The van der Waals surface area contributed by atoms with Crippen LogP contribution in [0.3, 0.4) is 0 Å². The van der Waals surface area contributed by atoms with E-state index in [9.17, 15) is 13.2 Å². The highest BCUT2D eigenvalue weighted by Gasteiger charge is 2.42. The van der Waals surface area contributed by atoms with E-state index in [1.807, 2.05) is 0 Å². The molecule has 0 radical (unpaired) electrons. The molecule has 21 heavy (non-hydrogen) atoms. The molecule has 1 aliphatic carbocycles. The number of hydrogen-bond donors (Lipinski definition) is 1. The van der Waals surface area contributed by atoms with E-state index in [0.29, 0.717) is 13.2 Å². The van der Waals surface area contributed by atoms with Gasteiger partial charge >= 0.3 is 6.18 Å². The van der Waals surface area contributed by atoms with E-state index in [0.717, 1.165) is 19.4 Å². The topological polar surface area (TPSA) is 39.7 Å². The van der Waals surface area contributed by atoms with E-state index < -0.39 is 12.6 Å². The highest BCUT2D eigenvalue weighted by molar-refractivity contribution is 4.97. The fourth-order valence-corrected chi connectivity index (χ4v) is 2.27. The summed E-state index contributed by atoms with van der Waals surface area (Å²) in [6.07, 6.45) is -3.32. The van der Waals surface area contributed by atoms with E-state index in [1.54, 1.807) is 7.11 Å². The predicted octanol–water partition coefficient (Wildman–Crippen LogP) is 2.52. The third-order valence-electron chi connectivity index (χ3n) is 3.44. The molecule has 0 aromatic rings.